The van der Waals surface area contributed by atoms with Gasteiger partial charge in [0.25, 0.3) is 0 Å². The Bertz CT molecular complexity index is 842. The van der Waals surface area contributed by atoms with Crippen LogP contribution in [0.4, 0.5) is 10.5 Å². The maximum Gasteiger partial charge on any atom is 0.322 e. The summed E-state index contributed by atoms with van der Waals surface area (Å²) in [4.78, 5) is 15.8. The van der Waals surface area contributed by atoms with Crippen molar-refractivity contribution in [3.05, 3.63) is 60.2 Å². The number of anilines is 1. The van der Waals surface area contributed by atoms with Gasteiger partial charge in [0, 0.05) is 17.8 Å². The van der Waals surface area contributed by atoms with Crippen molar-refractivity contribution < 1.29 is 9.53 Å². The van der Waals surface area contributed by atoms with E-state index in [2.05, 4.69) is 22.3 Å². The Labute approximate surface area is 179 Å². The van der Waals surface area contributed by atoms with Gasteiger partial charge in [-0.15, -0.1) is 0 Å². The molecular weight excluding hydrogens is 372 g/mol. The molecule has 2 aromatic rings. The van der Waals surface area contributed by atoms with E-state index in [9.17, 15) is 4.79 Å². The molecule has 158 valence electrons. The van der Waals surface area contributed by atoms with Gasteiger partial charge < -0.3 is 15.0 Å². The molecule has 4 aliphatic carbocycles. The number of para-hydroxylation sites is 1. The third-order valence-corrected chi connectivity index (χ3v) is 7.42. The van der Waals surface area contributed by atoms with Crippen molar-refractivity contribution in [1.82, 2.24) is 4.90 Å². The van der Waals surface area contributed by atoms with Crippen LogP contribution in [0.1, 0.15) is 51.0 Å². The summed E-state index contributed by atoms with van der Waals surface area (Å²) in [6, 6.07) is 18.1. The average molecular weight is 405 g/mol. The normalized spacial score (nSPS) is 28.9. The fraction of sp³-hybridized carbons (Fsp3) is 0.500. The number of hydrogen-bond donors (Lipinski definition) is 1. The van der Waals surface area contributed by atoms with Crippen molar-refractivity contribution in [3.63, 3.8) is 0 Å². The van der Waals surface area contributed by atoms with E-state index < -0.39 is 0 Å². The van der Waals surface area contributed by atoms with Crippen LogP contribution in [0.2, 0.25) is 0 Å². The monoisotopic (exact) mass is 404 g/mol. The first-order chi connectivity index (χ1) is 14.6. The number of nitrogens with zero attached hydrogens (tertiary/aromatic N) is 1. The molecule has 0 aliphatic heterocycles. The van der Waals surface area contributed by atoms with Gasteiger partial charge in [-0.2, -0.15) is 0 Å². The molecule has 2 aromatic carbocycles. The molecule has 0 aromatic heterocycles. The van der Waals surface area contributed by atoms with Crippen LogP contribution in [0.3, 0.4) is 0 Å². The Hall–Kier alpha value is -2.49. The number of rotatable bonds is 6. The van der Waals surface area contributed by atoms with E-state index in [1.54, 1.807) is 0 Å². The lowest BCUT2D eigenvalue weighted by molar-refractivity contribution is -0.0712. The second-order valence-corrected chi connectivity index (χ2v) is 9.60. The van der Waals surface area contributed by atoms with Gasteiger partial charge in [0.15, 0.2) is 0 Å². The standard InChI is InChI=1S/C26H32N2O2/c1-2-30-24-10-8-19(9-11-24)18-28(25(29)27-23-6-4-3-5-7-23)26-15-20-12-21(16-26)14-22(13-20)17-26/h3-11,20-22H,2,12-18H2,1H3,(H,27,29). The molecule has 6 rings (SSSR count). The molecule has 4 heteroatoms. The van der Waals surface area contributed by atoms with Gasteiger partial charge >= 0.3 is 6.03 Å². The summed E-state index contributed by atoms with van der Waals surface area (Å²) in [6.07, 6.45) is 7.61. The van der Waals surface area contributed by atoms with Gasteiger partial charge in [-0.25, -0.2) is 4.79 Å². The lowest BCUT2D eigenvalue weighted by Crippen LogP contribution is -2.61. The third-order valence-electron chi connectivity index (χ3n) is 7.42. The van der Waals surface area contributed by atoms with E-state index in [0.29, 0.717) is 13.2 Å². The highest BCUT2D eigenvalue weighted by molar-refractivity contribution is 5.90. The van der Waals surface area contributed by atoms with E-state index in [-0.39, 0.29) is 11.6 Å². The SMILES string of the molecule is CCOc1ccc(CN(C(=O)Nc2ccccc2)C23CC4CC(CC(C4)C2)C3)cc1. The van der Waals surface area contributed by atoms with Crippen LogP contribution in [0.25, 0.3) is 0 Å². The second-order valence-electron chi connectivity index (χ2n) is 9.60. The third kappa shape index (κ3) is 3.80. The van der Waals surface area contributed by atoms with E-state index >= 15 is 0 Å². The Balaban J connectivity index is 1.42. The number of hydrogen-bond acceptors (Lipinski definition) is 2. The van der Waals surface area contributed by atoms with Crippen LogP contribution in [0.15, 0.2) is 54.6 Å². The summed E-state index contributed by atoms with van der Waals surface area (Å²) >= 11 is 0. The minimum atomic E-state index is 0.00615. The molecule has 2 amide bonds. The minimum Gasteiger partial charge on any atom is -0.494 e. The quantitative estimate of drug-likeness (QED) is 0.633. The fourth-order valence-corrected chi connectivity index (χ4v) is 6.60. The number of carbonyl (C=O) groups is 1. The number of urea groups is 1. The van der Waals surface area contributed by atoms with Gasteiger partial charge in [-0.1, -0.05) is 30.3 Å². The van der Waals surface area contributed by atoms with Crippen molar-refractivity contribution in [2.24, 2.45) is 17.8 Å². The van der Waals surface area contributed by atoms with Gasteiger partial charge in [-0.3, -0.25) is 0 Å². The maximum atomic E-state index is 13.6. The molecular formula is C26H32N2O2. The summed E-state index contributed by atoms with van der Waals surface area (Å²) in [5.74, 6) is 3.27. The van der Waals surface area contributed by atoms with Crippen molar-refractivity contribution >= 4 is 11.7 Å². The first-order valence-electron chi connectivity index (χ1n) is 11.5. The van der Waals surface area contributed by atoms with Crippen LogP contribution in [0, 0.1) is 17.8 Å². The highest BCUT2D eigenvalue weighted by Gasteiger charge is 2.54. The number of benzene rings is 2. The molecule has 1 N–H and O–H groups in total. The van der Waals surface area contributed by atoms with E-state index in [1.807, 2.05) is 49.4 Å². The topological polar surface area (TPSA) is 41.6 Å². The summed E-state index contributed by atoms with van der Waals surface area (Å²) in [5.41, 5.74) is 2.04. The van der Waals surface area contributed by atoms with Crippen molar-refractivity contribution in [2.75, 3.05) is 11.9 Å². The molecule has 4 fully saturated rings. The van der Waals surface area contributed by atoms with E-state index in [1.165, 1.54) is 38.5 Å². The van der Waals surface area contributed by atoms with Gasteiger partial charge in [0.05, 0.1) is 6.61 Å². The Kier molecular flexibility index (Phi) is 5.18. The fourth-order valence-electron chi connectivity index (χ4n) is 6.60. The molecule has 0 spiro atoms. The number of ether oxygens (including phenoxy) is 1. The van der Waals surface area contributed by atoms with Crippen LogP contribution in [-0.4, -0.2) is 23.1 Å². The first-order valence-corrected chi connectivity index (χ1v) is 11.5. The smallest absolute Gasteiger partial charge is 0.322 e. The van der Waals surface area contributed by atoms with Gasteiger partial charge in [0.1, 0.15) is 5.75 Å². The zero-order valence-corrected chi connectivity index (χ0v) is 17.8. The lowest BCUT2D eigenvalue weighted by atomic mass is 9.52. The van der Waals surface area contributed by atoms with Crippen LogP contribution >= 0.6 is 0 Å². The summed E-state index contributed by atoms with van der Waals surface area (Å²) in [6.45, 7) is 3.31. The summed E-state index contributed by atoms with van der Waals surface area (Å²) in [5, 5.41) is 3.18. The summed E-state index contributed by atoms with van der Waals surface area (Å²) in [7, 11) is 0. The van der Waals surface area contributed by atoms with E-state index in [4.69, 9.17) is 4.74 Å². The molecule has 4 bridgehead atoms. The summed E-state index contributed by atoms with van der Waals surface area (Å²) < 4.78 is 5.60. The molecule has 0 atom stereocenters. The molecule has 4 nitrogen and oxygen atoms in total. The first kappa shape index (κ1) is 19.5. The number of carbonyl (C=O) groups excluding carboxylic acids is 1. The van der Waals surface area contributed by atoms with Crippen LogP contribution < -0.4 is 10.1 Å². The molecule has 30 heavy (non-hydrogen) atoms. The largest absolute Gasteiger partial charge is 0.494 e. The average Bonchev–Trinajstić information content (AvgIpc) is 2.73. The minimum absolute atomic E-state index is 0.00615. The van der Waals surface area contributed by atoms with Crippen molar-refractivity contribution in [2.45, 2.75) is 57.5 Å². The Morgan fingerprint density at radius 3 is 2.13 bits per heavy atom. The van der Waals surface area contributed by atoms with Crippen molar-refractivity contribution in [3.8, 4) is 5.75 Å². The zero-order chi connectivity index (χ0) is 20.6. The molecule has 0 radical (unpaired) electrons. The van der Waals surface area contributed by atoms with Gasteiger partial charge in [-0.05, 0) is 93.0 Å². The number of nitrogens with one attached hydrogen (secondary N) is 1. The predicted octanol–water partition coefficient (Wildman–Crippen LogP) is 6.09. The molecule has 0 unspecified atom stereocenters. The second kappa shape index (κ2) is 7.98. The lowest BCUT2D eigenvalue weighted by Gasteiger charge is -2.60. The van der Waals surface area contributed by atoms with Crippen LogP contribution in [0.5, 0.6) is 5.75 Å². The molecule has 4 saturated carbocycles. The predicted molar refractivity (Wildman–Crippen MR) is 120 cm³/mol. The van der Waals surface area contributed by atoms with E-state index in [0.717, 1.165) is 34.8 Å². The molecule has 4 aliphatic rings. The Morgan fingerprint density at radius 2 is 1.57 bits per heavy atom. The van der Waals surface area contributed by atoms with Crippen molar-refractivity contribution in [1.29, 1.82) is 0 Å². The highest BCUT2D eigenvalue weighted by Crippen LogP contribution is 2.58. The zero-order valence-electron chi connectivity index (χ0n) is 17.8. The Morgan fingerprint density at radius 1 is 0.967 bits per heavy atom. The molecule has 0 saturated heterocycles. The number of amides is 2. The highest BCUT2D eigenvalue weighted by atomic mass is 16.5. The van der Waals surface area contributed by atoms with Crippen LogP contribution in [-0.2, 0) is 6.54 Å². The maximum absolute atomic E-state index is 13.6. The molecule has 0 heterocycles. The van der Waals surface area contributed by atoms with Gasteiger partial charge in [0.2, 0.25) is 0 Å².